The first-order valence-electron chi connectivity index (χ1n) is 6.25. The van der Waals surface area contributed by atoms with Gasteiger partial charge in [-0.2, -0.15) is 4.98 Å². The molecule has 0 fully saturated rings. The van der Waals surface area contributed by atoms with Crippen molar-refractivity contribution in [2.24, 2.45) is 0 Å². The molecule has 17 heavy (non-hydrogen) atoms. The summed E-state index contributed by atoms with van der Waals surface area (Å²) in [4.78, 5) is 6.51. The monoisotopic (exact) mass is 241 g/mol. The zero-order chi connectivity index (χ0) is 12.7. The Balaban J connectivity index is 2.27. The van der Waals surface area contributed by atoms with Gasteiger partial charge in [-0.3, -0.25) is 4.90 Å². The first kappa shape index (κ1) is 14.1. The van der Waals surface area contributed by atoms with E-state index in [2.05, 4.69) is 15.0 Å². The van der Waals surface area contributed by atoms with Crippen LogP contribution in [0.2, 0.25) is 0 Å². The largest absolute Gasteiger partial charge is 0.396 e. The zero-order valence-electron chi connectivity index (χ0n) is 11.0. The molecule has 98 valence electrons. The summed E-state index contributed by atoms with van der Waals surface area (Å²) in [7, 11) is 2.05. The summed E-state index contributed by atoms with van der Waals surface area (Å²) in [6.07, 6.45) is 3.03. The zero-order valence-corrected chi connectivity index (χ0v) is 11.0. The summed E-state index contributed by atoms with van der Waals surface area (Å²) in [5, 5.41) is 12.6. The van der Waals surface area contributed by atoms with Gasteiger partial charge in [0.2, 0.25) is 5.89 Å². The number of aromatic nitrogens is 2. The highest BCUT2D eigenvalue weighted by atomic mass is 16.5. The van der Waals surface area contributed by atoms with Gasteiger partial charge in [-0.15, -0.1) is 0 Å². The highest BCUT2D eigenvalue weighted by molar-refractivity contribution is 4.90. The van der Waals surface area contributed by atoms with Crippen molar-refractivity contribution in [2.45, 2.75) is 45.6 Å². The van der Waals surface area contributed by atoms with Crippen molar-refractivity contribution in [3.05, 3.63) is 11.7 Å². The van der Waals surface area contributed by atoms with Crippen LogP contribution in [0.3, 0.4) is 0 Å². The van der Waals surface area contributed by atoms with E-state index in [0.29, 0.717) is 5.89 Å². The van der Waals surface area contributed by atoms with E-state index in [-0.39, 0.29) is 12.5 Å². The fourth-order valence-corrected chi connectivity index (χ4v) is 1.56. The van der Waals surface area contributed by atoms with Crippen LogP contribution in [0.4, 0.5) is 0 Å². The number of rotatable bonds is 8. The Morgan fingerprint density at radius 3 is 2.65 bits per heavy atom. The Labute approximate surface area is 103 Å². The van der Waals surface area contributed by atoms with E-state index in [1.165, 1.54) is 0 Å². The van der Waals surface area contributed by atoms with Crippen LogP contribution in [0.25, 0.3) is 0 Å². The van der Waals surface area contributed by atoms with Crippen LogP contribution in [0, 0.1) is 0 Å². The van der Waals surface area contributed by atoms with E-state index in [0.717, 1.165) is 38.2 Å². The molecule has 0 saturated carbocycles. The Kier molecular flexibility index (Phi) is 6.15. The number of hydrogen-bond acceptors (Lipinski definition) is 5. The molecule has 0 aliphatic heterocycles. The summed E-state index contributed by atoms with van der Waals surface area (Å²) in [5.74, 6) is 1.73. The number of unbranched alkanes of at least 4 members (excludes halogenated alkanes) is 2. The van der Waals surface area contributed by atoms with E-state index in [4.69, 9.17) is 9.63 Å². The highest BCUT2D eigenvalue weighted by Crippen LogP contribution is 2.11. The SMILES string of the molecule is CC(C)c1nc(CN(C)CCCCCO)no1. The summed E-state index contributed by atoms with van der Waals surface area (Å²) in [6, 6.07) is 0. The Hall–Kier alpha value is -0.940. The fourth-order valence-electron chi connectivity index (χ4n) is 1.56. The van der Waals surface area contributed by atoms with E-state index in [9.17, 15) is 0 Å². The maximum Gasteiger partial charge on any atom is 0.229 e. The van der Waals surface area contributed by atoms with Crippen LogP contribution in [0.15, 0.2) is 4.52 Å². The van der Waals surface area contributed by atoms with Crippen LogP contribution in [-0.2, 0) is 6.54 Å². The molecule has 0 unspecified atom stereocenters. The molecule has 1 aromatic heterocycles. The van der Waals surface area contributed by atoms with Gasteiger partial charge in [0.25, 0.3) is 0 Å². The maximum absolute atomic E-state index is 8.68. The lowest BCUT2D eigenvalue weighted by molar-refractivity contribution is 0.268. The third kappa shape index (κ3) is 5.28. The quantitative estimate of drug-likeness (QED) is 0.703. The molecule has 0 aliphatic carbocycles. The van der Waals surface area contributed by atoms with Gasteiger partial charge in [-0.05, 0) is 32.9 Å². The second-order valence-electron chi connectivity index (χ2n) is 4.73. The van der Waals surface area contributed by atoms with Gasteiger partial charge in [0, 0.05) is 12.5 Å². The fraction of sp³-hybridized carbons (Fsp3) is 0.833. The maximum atomic E-state index is 8.68. The molecule has 0 amide bonds. The second-order valence-corrected chi connectivity index (χ2v) is 4.73. The molecular formula is C12H23N3O2. The predicted molar refractivity (Wildman–Crippen MR) is 65.7 cm³/mol. The van der Waals surface area contributed by atoms with Gasteiger partial charge in [-0.1, -0.05) is 19.0 Å². The lowest BCUT2D eigenvalue weighted by Gasteiger charge is -2.13. The molecular weight excluding hydrogens is 218 g/mol. The molecule has 0 atom stereocenters. The lowest BCUT2D eigenvalue weighted by atomic mass is 10.2. The van der Waals surface area contributed by atoms with Crippen LogP contribution in [-0.4, -0.2) is 40.3 Å². The van der Waals surface area contributed by atoms with E-state index in [1.54, 1.807) is 0 Å². The summed E-state index contributed by atoms with van der Waals surface area (Å²) >= 11 is 0. The molecule has 0 saturated heterocycles. The molecule has 0 aromatic carbocycles. The molecule has 1 heterocycles. The van der Waals surface area contributed by atoms with Crippen molar-refractivity contribution in [1.29, 1.82) is 0 Å². The number of hydrogen-bond donors (Lipinski definition) is 1. The van der Waals surface area contributed by atoms with Crippen molar-refractivity contribution < 1.29 is 9.63 Å². The Morgan fingerprint density at radius 1 is 1.29 bits per heavy atom. The minimum absolute atomic E-state index is 0.283. The Bertz CT molecular complexity index is 312. The predicted octanol–water partition coefficient (Wildman–Crippen LogP) is 1.79. The standard InChI is InChI=1S/C12H23N3O2/c1-10(2)12-13-11(14-17-12)9-15(3)7-5-4-6-8-16/h10,16H,4-9H2,1-3H3. The highest BCUT2D eigenvalue weighted by Gasteiger charge is 2.11. The first-order chi connectivity index (χ1) is 8.13. The number of aliphatic hydroxyl groups excluding tert-OH is 1. The van der Waals surface area contributed by atoms with E-state index < -0.39 is 0 Å². The van der Waals surface area contributed by atoms with Crippen molar-refractivity contribution >= 4 is 0 Å². The molecule has 0 bridgehead atoms. The molecule has 0 aliphatic rings. The molecule has 1 aromatic rings. The average Bonchev–Trinajstić information content (AvgIpc) is 2.73. The minimum Gasteiger partial charge on any atom is -0.396 e. The minimum atomic E-state index is 0.283. The molecule has 0 radical (unpaired) electrons. The van der Waals surface area contributed by atoms with Crippen LogP contribution in [0.1, 0.15) is 50.7 Å². The first-order valence-corrected chi connectivity index (χ1v) is 6.25. The summed E-state index contributed by atoms with van der Waals surface area (Å²) < 4.78 is 5.15. The topological polar surface area (TPSA) is 62.4 Å². The van der Waals surface area contributed by atoms with Crippen LogP contribution >= 0.6 is 0 Å². The van der Waals surface area contributed by atoms with Crippen molar-refractivity contribution in [3.63, 3.8) is 0 Å². The van der Waals surface area contributed by atoms with Crippen molar-refractivity contribution in [2.75, 3.05) is 20.2 Å². The molecule has 5 nitrogen and oxygen atoms in total. The smallest absolute Gasteiger partial charge is 0.229 e. The van der Waals surface area contributed by atoms with Gasteiger partial charge >= 0.3 is 0 Å². The third-order valence-electron chi connectivity index (χ3n) is 2.59. The van der Waals surface area contributed by atoms with Gasteiger partial charge in [0.15, 0.2) is 5.82 Å². The molecule has 1 rings (SSSR count). The second kappa shape index (κ2) is 7.40. The summed E-state index contributed by atoms with van der Waals surface area (Å²) in [6.45, 7) is 6.07. The van der Waals surface area contributed by atoms with E-state index >= 15 is 0 Å². The van der Waals surface area contributed by atoms with Gasteiger partial charge < -0.3 is 9.63 Å². The number of nitrogens with zero attached hydrogens (tertiary/aromatic N) is 3. The van der Waals surface area contributed by atoms with Gasteiger partial charge in [0.1, 0.15) is 0 Å². The van der Waals surface area contributed by atoms with E-state index in [1.807, 2.05) is 20.9 Å². The van der Waals surface area contributed by atoms with Crippen molar-refractivity contribution in [1.82, 2.24) is 15.0 Å². The summed E-state index contributed by atoms with van der Waals surface area (Å²) in [5.41, 5.74) is 0. The van der Waals surface area contributed by atoms with Gasteiger partial charge in [0.05, 0.1) is 6.54 Å². The Morgan fingerprint density at radius 2 is 2.06 bits per heavy atom. The molecule has 0 spiro atoms. The van der Waals surface area contributed by atoms with Crippen LogP contribution in [0.5, 0.6) is 0 Å². The van der Waals surface area contributed by atoms with Crippen molar-refractivity contribution in [3.8, 4) is 0 Å². The van der Waals surface area contributed by atoms with Crippen LogP contribution < -0.4 is 0 Å². The third-order valence-corrected chi connectivity index (χ3v) is 2.59. The molecule has 5 heteroatoms. The average molecular weight is 241 g/mol. The van der Waals surface area contributed by atoms with Gasteiger partial charge in [-0.25, -0.2) is 0 Å². The molecule has 1 N–H and O–H groups in total. The lowest BCUT2D eigenvalue weighted by Crippen LogP contribution is -2.20. The normalized spacial score (nSPS) is 11.6. The number of aliphatic hydroxyl groups is 1.